The van der Waals surface area contributed by atoms with Crippen LogP contribution in [0.15, 0.2) is 77.4 Å². The van der Waals surface area contributed by atoms with Crippen molar-refractivity contribution in [3.05, 3.63) is 89.7 Å². The van der Waals surface area contributed by atoms with Crippen molar-refractivity contribution < 1.29 is 18.8 Å². The number of methoxy groups -OCH3 is 1. The normalized spacial score (nSPS) is 10.6. The molecule has 28 heavy (non-hydrogen) atoms. The molecule has 0 radical (unpaired) electrons. The Balaban J connectivity index is 1.86. The lowest BCUT2D eigenvalue weighted by atomic mass is 9.96. The molecule has 0 atom stereocenters. The molecule has 6 heteroatoms. The molecule has 0 fully saturated rings. The van der Waals surface area contributed by atoms with Gasteiger partial charge in [0.15, 0.2) is 5.76 Å². The van der Waals surface area contributed by atoms with E-state index in [0.29, 0.717) is 22.6 Å². The highest BCUT2D eigenvalue weighted by molar-refractivity contribution is 6.16. The molecule has 138 valence electrons. The highest BCUT2D eigenvalue weighted by Crippen LogP contribution is 2.34. The van der Waals surface area contributed by atoms with Crippen molar-refractivity contribution in [2.75, 3.05) is 7.11 Å². The number of nitrogens with one attached hydrogen (secondary N) is 1. The molecule has 0 saturated carbocycles. The minimum Gasteiger partial charge on any atom is -0.464 e. The van der Waals surface area contributed by atoms with Gasteiger partial charge in [-0.2, -0.15) is 0 Å². The highest BCUT2D eigenvalue weighted by atomic mass is 16.5. The van der Waals surface area contributed by atoms with Crippen molar-refractivity contribution >= 4 is 11.8 Å². The molecule has 0 spiro atoms. The van der Waals surface area contributed by atoms with Crippen LogP contribution in [0.2, 0.25) is 0 Å². The summed E-state index contributed by atoms with van der Waals surface area (Å²) in [7, 11) is 1.28. The lowest BCUT2D eigenvalue weighted by Gasteiger charge is -2.03. The number of benzene rings is 2. The van der Waals surface area contributed by atoms with Gasteiger partial charge in [-0.25, -0.2) is 4.79 Å². The maximum atomic E-state index is 13.3. The van der Waals surface area contributed by atoms with Gasteiger partial charge >= 0.3 is 5.97 Å². The van der Waals surface area contributed by atoms with Gasteiger partial charge < -0.3 is 14.2 Å². The van der Waals surface area contributed by atoms with Crippen molar-refractivity contribution in [1.29, 1.82) is 0 Å². The Morgan fingerprint density at radius 3 is 2.25 bits per heavy atom. The number of aromatic nitrogens is 2. The Bertz CT molecular complexity index is 1070. The number of nitrogens with zero attached hydrogens (tertiary/aromatic N) is 1. The van der Waals surface area contributed by atoms with E-state index in [1.807, 2.05) is 60.7 Å². The summed E-state index contributed by atoms with van der Waals surface area (Å²) in [5.41, 5.74) is 2.81. The first-order valence-corrected chi connectivity index (χ1v) is 8.61. The molecule has 0 aliphatic rings. The van der Waals surface area contributed by atoms with Gasteiger partial charge in [-0.1, -0.05) is 65.8 Å². The number of carbonyl (C=O) groups excluding carboxylic acids is 2. The van der Waals surface area contributed by atoms with Gasteiger partial charge in [0, 0.05) is 22.9 Å². The number of esters is 1. The molecule has 0 bridgehead atoms. The number of aromatic amines is 1. The first kappa shape index (κ1) is 17.5. The largest absolute Gasteiger partial charge is 0.464 e. The fourth-order valence-corrected chi connectivity index (χ4v) is 2.98. The third-order valence-corrected chi connectivity index (χ3v) is 4.35. The van der Waals surface area contributed by atoms with Crippen LogP contribution in [-0.4, -0.2) is 29.0 Å². The lowest BCUT2D eigenvalue weighted by Crippen LogP contribution is -2.03. The Hall–Kier alpha value is -3.93. The first-order valence-electron chi connectivity index (χ1n) is 8.61. The molecule has 0 saturated heterocycles. The zero-order chi connectivity index (χ0) is 19.5. The summed E-state index contributed by atoms with van der Waals surface area (Å²) in [5, 5.41) is 4.17. The smallest absolute Gasteiger partial charge is 0.354 e. The second-order valence-electron chi connectivity index (χ2n) is 6.09. The minimum absolute atomic E-state index is 0.199. The van der Waals surface area contributed by atoms with Crippen LogP contribution in [0.3, 0.4) is 0 Å². The summed E-state index contributed by atoms with van der Waals surface area (Å²) in [6, 6.07) is 20.1. The first-order chi connectivity index (χ1) is 13.7. The van der Waals surface area contributed by atoms with E-state index >= 15 is 0 Å². The third-order valence-electron chi connectivity index (χ3n) is 4.35. The minimum atomic E-state index is -0.545. The molecular formula is C22H16N2O4. The van der Waals surface area contributed by atoms with E-state index in [2.05, 4.69) is 10.1 Å². The van der Waals surface area contributed by atoms with Gasteiger partial charge in [-0.05, 0) is 6.07 Å². The van der Waals surface area contributed by atoms with Gasteiger partial charge in [0.1, 0.15) is 11.4 Å². The molecule has 2 aromatic carbocycles. The summed E-state index contributed by atoms with van der Waals surface area (Å²) in [5.74, 6) is -0.466. The van der Waals surface area contributed by atoms with Gasteiger partial charge in [0.25, 0.3) is 0 Å². The molecule has 2 aromatic heterocycles. The molecule has 0 unspecified atom stereocenters. The number of hydrogen-bond donors (Lipinski definition) is 1. The Kier molecular flexibility index (Phi) is 4.60. The Labute approximate surface area is 160 Å². The van der Waals surface area contributed by atoms with Crippen LogP contribution in [0.5, 0.6) is 0 Å². The van der Waals surface area contributed by atoms with Crippen molar-refractivity contribution in [2.24, 2.45) is 0 Å². The van der Waals surface area contributed by atoms with Crippen LogP contribution in [-0.2, 0) is 4.74 Å². The number of ether oxygens (including phenoxy) is 1. The standard InChI is InChI=1S/C22H16N2O4/c1-27-22(26)17-12-16(13-23-17)20(25)18-19(14-8-4-2-5-9-14)24-28-21(18)15-10-6-3-7-11-15/h2-13,23H,1H3. The molecule has 0 aliphatic carbocycles. The van der Waals surface area contributed by atoms with Crippen molar-refractivity contribution in [1.82, 2.24) is 10.1 Å². The summed E-state index contributed by atoms with van der Waals surface area (Å²) in [6.07, 6.45) is 1.48. The van der Waals surface area contributed by atoms with Gasteiger partial charge in [0.05, 0.1) is 12.7 Å². The average molecular weight is 372 g/mol. The monoisotopic (exact) mass is 372 g/mol. The fraction of sp³-hybridized carbons (Fsp3) is 0.0455. The summed E-state index contributed by atoms with van der Waals surface area (Å²) in [4.78, 5) is 27.8. The van der Waals surface area contributed by atoms with Crippen molar-refractivity contribution in [3.63, 3.8) is 0 Å². The Morgan fingerprint density at radius 1 is 0.964 bits per heavy atom. The van der Waals surface area contributed by atoms with Gasteiger partial charge in [-0.15, -0.1) is 0 Å². The van der Waals surface area contributed by atoms with Gasteiger partial charge in [-0.3, -0.25) is 4.79 Å². The highest BCUT2D eigenvalue weighted by Gasteiger charge is 2.27. The average Bonchev–Trinajstić information content (AvgIpc) is 3.42. The number of H-pyrrole nitrogens is 1. The lowest BCUT2D eigenvalue weighted by molar-refractivity contribution is 0.0595. The molecule has 0 aliphatic heterocycles. The SMILES string of the molecule is COC(=O)c1cc(C(=O)c2c(-c3ccccc3)noc2-c2ccccc2)c[nH]1. The molecule has 1 N–H and O–H groups in total. The van der Waals surface area contributed by atoms with E-state index in [0.717, 1.165) is 11.1 Å². The summed E-state index contributed by atoms with van der Waals surface area (Å²) >= 11 is 0. The quantitative estimate of drug-likeness (QED) is 0.416. The van der Waals surface area contributed by atoms with E-state index in [4.69, 9.17) is 9.26 Å². The molecule has 6 nitrogen and oxygen atoms in total. The molecule has 2 heterocycles. The van der Waals surface area contributed by atoms with E-state index in [1.165, 1.54) is 19.4 Å². The van der Waals surface area contributed by atoms with E-state index in [1.54, 1.807) is 0 Å². The molecule has 0 amide bonds. The van der Waals surface area contributed by atoms with Crippen molar-refractivity contribution in [2.45, 2.75) is 0 Å². The fourth-order valence-electron chi connectivity index (χ4n) is 2.98. The topological polar surface area (TPSA) is 85.2 Å². The Morgan fingerprint density at radius 2 is 1.61 bits per heavy atom. The maximum Gasteiger partial charge on any atom is 0.354 e. The predicted octanol–water partition coefficient (Wildman–Crippen LogP) is 4.35. The number of carbonyl (C=O) groups is 2. The maximum absolute atomic E-state index is 13.3. The van der Waals surface area contributed by atoms with Crippen LogP contribution < -0.4 is 0 Å². The third kappa shape index (κ3) is 3.12. The van der Waals surface area contributed by atoms with Crippen LogP contribution in [0.1, 0.15) is 26.4 Å². The second kappa shape index (κ2) is 7.36. The summed E-state index contributed by atoms with van der Waals surface area (Å²) < 4.78 is 10.3. The summed E-state index contributed by atoms with van der Waals surface area (Å²) in [6.45, 7) is 0. The van der Waals surface area contributed by atoms with E-state index in [-0.39, 0.29) is 11.5 Å². The molecule has 4 rings (SSSR count). The zero-order valence-corrected chi connectivity index (χ0v) is 15.0. The zero-order valence-electron chi connectivity index (χ0n) is 15.0. The second-order valence-corrected chi connectivity index (χ2v) is 6.09. The number of rotatable bonds is 5. The van der Waals surface area contributed by atoms with Crippen LogP contribution in [0, 0.1) is 0 Å². The van der Waals surface area contributed by atoms with Crippen LogP contribution in [0.4, 0.5) is 0 Å². The van der Waals surface area contributed by atoms with E-state index in [9.17, 15) is 9.59 Å². The molecule has 4 aromatic rings. The predicted molar refractivity (Wildman–Crippen MR) is 103 cm³/mol. The van der Waals surface area contributed by atoms with Crippen LogP contribution >= 0.6 is 0 Å². The van der Waals surface area contributed by atoms with Gasteiger partial charge in [0.2, 0.25) is 5.78 Å². The number of ketones is 1. The number of hydrogen-bond acceptors (Lipinski definition) is 5. The van der Waals surface area contributed by atoms with E-state index < -0.39 is 5.97 Å². The molecular weight excluding hydrogens is 356 g/mol. The van der Waals surface area contributed by atoms with Crippen molar-refractivity contribution in [3.8, 4) is 22.6 Å². The van der Waals surface area contributed by atoms with Crippen LogP contribution in [0.25, 0.3) is 22.6 Å².